The van der Waals surface area contributed by atoms with E-state index in [1.807, 2.05) is 13.8 Å². The Hall–Kier alpha value is -1.69. The summed E-state index contributed by atoms with van der Waals surface area (Å²) < 4.78 is 0. The van der Waals surface area contributed by atoms with Crippen LogP contribution in [0.15, 0.2) is 12.4 Å². The van der Waals surface area contributed by atoms with Crippen molar-refractivity contribution in [2.75, 3.05) is 18.0 Å². The molecule has 6 heteroatoms. The van der Waals surface area contributed by atoms with Crippen LogP contribution in [0.1, 0.15) is 38.7 Å². The van der Waals surface area contributed by atoms with Crippen LogP contribution in [-0.2, 0) is 11.3 Å². The number of anilines is 1. The minimum Gasteiger partial charge on any atom is -0.480 e. The molecule has 0 radical (unpaired) electrons. The van der Waals surface area contributed by atoms with Crippen LogP contribution in [0.2, 0.25) is 0 Å². The number of nitrogens with zero attached hydrogens (tertiary/aromatic N) is 3. The first-order chi connectivity index (χ1) is 10.1. The van der Waals surface area contributed by atoms with Crippen molar-refractivity contribution < 1.29 is 9.90 Å². The third kappa shape index (κ3) is 4.67. The molecular formula is C15H24N4O2. The molecule has 1 saturated heterocycles. The summed E-state index contributed by atoms with van der Waals surface area (Å²) in [6.45, 7) is 6.56. The number of hydrogen-bond acceptors (Lipinski definition) is 5. The van der Waals surface area contributed by atoms with Crippen LogP contribution < -0.4 is 10.2 Å². The van der Waals surface area contributed by atoms with E-state index < -0.39 is 12.0 Å². The molecule has 2 heterocycles. The molecule has 1 fully saturated rings. The molecule has 1 aliphatic rings. The highest BCUT2D eigenvalue weighted by atomic mass is 16.4. The molecule has 0 saturated carbocycles. The van der Waals surface area contributed by atoms with Crippen molar-refractivity contribution in [3.05, 3.63) is 18.0 Å². The second kappa shape index (κ2) is 7.36. The van der Waals surface area contributed by atoms with Crippen LogP contribution in [0.5, 0.6) is 0 Å². The first-order valence-corrected chi connectivity index (χ1v) is 7.58. The number of hydrogen-bond donors (Lipinski definition) is 2. The topological polar surface area (TPSA) is 78.4 Å². The zero-order valence-corrected chi connectivity index (χ0v) is 12.7. The van der Waals surface area contributed by atoms with Crippen molar-refractivity contribution in [2.24, 2.45) is 5.92 Å². The molecule has 21 heavy (non-hydrogen) atoms. The van der Waals surface area contributed by atoms with E-state index in [0.29, 0.717) is 18.9 Å². The fourth-order valence-corrected chi connectivity index (χ4v) is 2.50. The van der Waals surface area contributed by atoms with Crippen molar-refractivity contribution in [3.63, 3.8) is 0 Å². The summed E-state index contributed by atoms with van der Waals surface area (Å²) in [5.41, 5.74) is 0.910. The zero-order valence-electron chi connectivity index (χ0n) is 12.7. The lowest BCUT2D eigenvalue weighted by atomic mass is 10.0. The normalized spacial score (nSPS) is 16.4. The fourth-order valence-electron chi connectivity index (χ4n) is 2.50. The van der Waals surface area contributed by atoms with Gasteiger partial charge < -0.3 is 15.3 Å². The molecular weight excluding hydrogens is 268 g/mol. The molecule has 0 aliphatic carbocycles. The summed E-state index contributed by atoms with van der Waals surface area (Å²) in [5.74, 6) is 0.305. The van der Waals surface area contributed by atoms with E-state index in [1.54, 1.807) is 12.4 Å². The highest BCUT2D eigenvalue weighted by Gasteiger charge is 2.18. The van der Waals surface area contributed by atoms with Gasteiger partial charge in [0.2, 0.25) is 5.95 Å². The Morgan fingerprint density at radius 1 is 1.33 bits per heavy atom. The minimum atomic E-state index is -0.807. The number of aromatic nitrogens is 2. The number of carboxylic acid groups (broad SMARTS) is 1. The van der Waals surface area contributed by atoms with Gasteiger partial charge in [-0.25, -0.2) is 9.97 Å². The molecule has 6 nitrogen and oxygen atoms in total. The first-order valence-electron chi connectivity index (χ1n) is 7.58. The lowest BCUT2D eigenvalue weighted by Gasteiger charge is -2.17. The van der Waals surface area contributed by atoms with Crippen molar-refractivity contribution in [2.45, 2.75) is 45.7 Å². The number of aliphatic carboxylic acids is 1. The monoisotopic (exact) mass is 292 g/mol. The fraction of sp³-hybridized carbons (Fsp3) is 0.667. The van der Waals surface area contributed by atoms with Crippen molar-refractivity contribution in [1.29, 1.82) is 0 Å². The summed E-state index contributed by atoms with van der Waals surface area (Å²) in [4.78, 5) is 22.1. The van der Waals surface area contributed by atoms with Gasteiger partial charge in [-0.1, -0.05) is 13.8 Å². The van der Waals surface area contributed by atoms with Crippen LogP contribution >= 0.6 is 0 Å². The van der Waals surface area contributed by atoms with Gasteiger partial charge >= 0.3 is 5.97 Å². The second-order valence-corrected chi connectivity index (χ2v) is 5.99. The lowest BCUT2D eigenvalue weighted by Crippen LogP contribution is -2.37. The van der Waals surface area contributed by atoms with Gasteiger partial charge in [-0.3, -0.25) is 4.79 Å². The number of rotatable bonds is 7. The maximum absolute atomic E-state index is 11.2. The van der Waals surface area contributed by atoms with Crippen LogP contribution in [-0.4, -0.2) is 40.2 Å². The largest absolute Gasteiger partial charge is 0.480 e. The Kier molecular flexibility index (Phi) is 5.50. The summed E-state index contributed by atoms with van der Waals surface area (Å²) in [7, 11) is 0. The van der Waals surface area contributed by atoms with E-state index in [4.69, 9.17) is 0 Å². The average molecular weight is 292 g/mol. The van der Waals surface area contributed by atoms with E-state index >= 15 is 0 Å². The standard InChI is InChI=1S/C15H24N4O2/c1-11(2)7-13(14(20)21)16-8-12-9-17-15(18-10-12)19-5-3-4-6-19/h9-11,13,16H,3-8H2,1-2H3,(H,20,21)/t13-/m0/s1. The maximum Gasteiger partial charge on any atom is 0.320 e. The third-order valence-electron chi connectivity index (χ3n) is 3.64. The van der Waals surface area contributed by atoms with Gasteiger partial charge in [0.1, 0.15) is 6.04 Å². The van der Waals surface area contributed by atoms with E-state index in [9.17, 15) is 9.90 Å². The van der Waals surface area contributed by atoms with Crippen LogP contribution in [0.25, 0.3) is 0 Å². The zero-order chi connectivity index (χ0) is 15.2. The van der Waals surface area contributed by atoms with Crippen molar-refractivity contribution in [3.8, 4) is 0 Å². The molecule has 2 N–H and O–H groups in total. The molecule has 1 aromatic heterocycles. The highest BCUT2D eigenvalue weighted by molar-refractivity contribution is 5.73. The molecule has 0 spiro atoms. The summed E-state index contributed by atoms with van der Waals surface area (Å²) >= 11 is 0. The summed E-state index contributed by atoms with van der Waals surface area (Å²) in [5, 5.41) is 12.3. The summed E-state index contributed by atoms with van der Waals surface area (Å²) in [6, 6.07) is -0.525. The van der Waals surface area contributed by atoms with Crippen LogP contribution in [0.3, 0.4) is 0 Å². The van der Waals surface area contributed by atoms with Gasteiger partial charge in [0, 0.05) is 37.6 Å². The third-order valence-corrected chi connectivity index (χ3v) is 3.64. The van der Waals surface area contributed by atoms with E-state index in [0.717, 1.165) is 24.6 Å². The molecule has 0 unspecified atom stereocenters. The first kappa shape index (κ1) is 15.7. The van der Waals surface area contributed by atoms with E-state index in [1.165, 1.54) is 12.8 Å². The Morgan fingerprint density at radius 2 is 1.95 bits per heavy atom. The smallest absolute Gasteiger partial charge is 0.320 e. The van der Waals surface area contributed by atoms with Gasteiger partial charge in [0.25, 0.3) is 0 Å². The van der Waals surface area contributed by atoms with Crippen molar-refractivity contribution >= 4 is 11.9 Å². The highest BCUT2D eigenvalue weighted by Crippen LogP contribution is 2.15. The van der Waals surface area contributed by atoms with Gasteiger partial charge in [-0.2, -0.15) is 0 Å². The quantitative estimate of drug-likeness (QED) is 0.796. The summed E-state index contributed by atoms with van der Waals surface area (Å²) in [6.07, 6.45) is 6.57. The minimum absolute atomic E-state index is 0.340. The van der Waals surface area contributed by atoms with E-state index in [-0.39, 0.29) is 0 Å². The molecule has 0 aromatic carbocycles. The predicted molar refractivity (Wildman–Crippen MR) is 81.2 cm³/mol. The Balaban J connectivity index is 1.88. The van der Waals surface area contributed by atoms with Gasteiger partial charge in [0.05, 0.1) is 0 Å². The maximum atomic E-state index is 11.2. The van der Waals surface area contributed by atoms with Crippen LogP contribution in [0, 0.1) is 5.92 Å². The molecule has 1 aliphatic heterocycles. The van der Waals surface area contributed by atoms with Crippen molar-refractivity contribution in [1.82, 2.24) is 15.3 Å². The van der Waals surface area contributed by atoms with E-state index in [2.05, 4.69) is 20.2 Å². The average Bonchev–Trinajstić information content (AvgIpc) is 2.97. The molecule has 0 amide bonds. The van der Waals surface area contributed by atoms with Gasteiger partial charge in [-0.05, 0) is 25.2 Å². The Morgan fingerprint density at radius 3 is 2.48 bits per heavy atom. The number of carbonyl (C=O) groups is 1. The Labute approximate surface area is 125 Å². The van der Waals surface area contributed by atoms with Gasteiger partial charge in [-0.15, -0.1) is 0 Å². The van der Waals surface area contributed by atoms with Gasteiger partial charge in [0.15, 0.2) is 0 Å². The molecule has 1 aromatic rings. The SMILES string of the molecule is CC(C)C[C@H](NCc1cnc(N2CCCC2)nc1)C(=O)O. The number of carboxylic acids is 1. The molecule has 116 valence electrons. The molecule has 0 bridgehead atoms. The van der Waals surface area contributed by atoms with Crippen LogP contribution in [0.4, 0.5) is 5.95 Å². The lowest BCUT2D eigenvalue weighted by molar-refractivity contribution is -0.140. The Bertz CT molecular complexity index is 455. The molecule has 1 atom stereocenters. The second-order valence-electron chi connectivity index (χ2n) is 5.99. The number of nitrogens with one attached hydrogen (secondary N) is 1. The predicted octanol–water partition coefficient (Wildman–Crippen LogP) is 1.67. The molecule has 2 rings (SSSR count).